The third-order valence-electron chi connectivity index (χ3n) is 4.69. The Balaban J connectivity index is 1.59. The third kappa shape index (κ3) is 4.40. The van der Waals surface area contributed by atoms with Crippen molar-refractivity contribution < 1.29 is 14.6 Å². The smallest absolute Gasteiger partial charge is 0.253 e. The highest BCUT2D eigenvalue weighted by Crippen LogP contribution is 2.24. The quantitative estimate of drug-likeness (QED) is 0.879. The molecule has 2 aromatic carbocycles. The van der Waals surface area contributed by atoms with Crippen LogP contribution in [0.5, 0.6) is 5.75 Å². The van der Waals surface area contributed by atoms with Crippen molar-refractivity contribution >= 4 is 5.91 Å². The summed E-state index contributed by atoms with van der Waals surface area (Å²) in [6.07, 6.45) is 1.99. The number of carbonyl (C=O) groups is 1. The number of rotatable bonds is 6. The number of benzene rings is 2. The van der Waals surface area contributed by atoms with Crippen LogP contribution in [-0.4, -0.2) is 35.6 Å². The van der Waals surface area contributed by atoms with Crippen molar-refractivity contribution in [2.24, 2.45) is 5.92 Å². The van der Waals surface area contributed by atoms with E-state index in [1.807, 2.05) is 48.2 Å². The second-order valence-electron chi connectivity index (χ2n) is 6.55. The summed E-state index contributed by atoms with van der Waals surface area (Å²) in [5, 5.41) is 9.12. The van der Waals surface area contributed by atoms with Gasteiger partial charge in [-0.25, -0.2) is 0 Å². The normalized spacial score (nSPS) is 16.9. The predicted octanol–water partition coefficient (Wildman–Crippen LogP) is 3.28. The highest BCUT2D eigenvalue weighted by Gasteiger charge is 2.27. The number of hydrogen-bond acceptors (Lipinski definition) is 3. The van der Waals surface area contributed by atoms with Gasteiger partial charge in [0, 0.05) is 18.7 Å². The molecule has 0 unspecified atom stereocenters. The molecule has 0 saturated carbocycles. The molecule has 4 nitrogen and oxygen atoms in total. The van der Waals surface area contributed by atoms with Gasteiger partial charge in [0.2, 0.25) is 0 Å². The lowest BCUT2D eigenvalue weighted by Gasteiger charge is -2.17. The Hall–Kier alpha value is -2.33. The van der Waals surface area contributed by atoms with Gasteiger partial charge in [0.05, 0.1) is 13.2 Å². The van der Waals surface area contributed by atoms with Gasteiger partial charge in [-0.05, 0) is 55.0 Å². The van der Waals surface area contributed by atoms with Crippen molar-refractivity contribution in [3.05, 3.63) is 65.2 Å². The van der Waals surface area contributed by atoms with Crippen LogP contribution in [0.1, 0.15) is 34.8 Å². The van der Waals surface area contributed by atoms with Crippen molar-refractivity contribution in [1.82, 2.24) is 4.90 Å². The zero-order valence-electron chi connectivity index (χ0n) is 14.6. The first kappa shape index (κ1) is 17.5. The van der Waals surface area contributed by atoms with Crippen LogP contribution in [-0.2, 0) is 13.0 Å². The summed E-state index contributed by atoms with van der Waals surface area (Å²) in [5.74, 6) is 1.31. The van der Waals surface area contributed by atoms with Crippen LogP contribution in [0.3, 0.4) is 0 Å². The van der Waals surface area contributed by atoms with E-state index < -0.39 is 0 Å². The lowest BCUT2D eigenvalue weighted by atomic mass is 9.98. The summed E-state index contributed by atoms with van der Waals surface area (Å²) < 4.78 is 5.49. The first-order chi connectivity index (χ1) is 12.2. The highest BCUT2D eigenvalue weighted by molar-refractivity contribution is 5.94. The number of hydrogen-bond donors (Lipinski definition) is 1. The number of aliphatic hydroxyl groups excluding tert-OH is 1. The first-order valence-corrected chi connectivity index (χ1v) is 8.90. The molecule has 25 heavy (non-hydrogen) atoms. The number of carbonyl (C=O) groups excluding carboxylic acids is 1. The van der Waals surface area contributed by atoms with Gasteiger partial charge in [-0.3, -0.25) is 4.79 Å². The van der Waals surface area contributed by atoms with Crippen LogP contribution in [0.4, 0.5) is 0 Å². The zero-order chi connectivity index (χ0) is 17.6. The largest absolute Gasteiger partial charge is 0.494 e. The molecule has 1 amide bonds. The van der Waals surface area contributed by atoms with Crippen LogP contribution in [0.15, 0.2) is 48.5 Å². The molecule has 1 saturated heterocycles. The van der Waals surface area contributed by atoms with Crippen LogP contribution in [0.2, 0.25) is 0 Å². The molecule has 2 aromatic rings. The average molecular weight is 339 g/mol. The maximum absolute atomic E-state index is 12.7. The van der Waals surface area contributed by atoms with Crippen molar-refractivity contribution in [3.63, 3.8) is 0 Å². The van der Waals surface area contributed by atoms with Gasteiger partial charge in [-0.1, -0.05) is 30.3 Å². The molecular formula is C21H25NO3. The van der Waals surface area contributed by atoms with Crippen molar-refractivity contribution in [2.75, 3.05) is 19.7 Å². The van der Waals surface area contributed by atoms with Crippen LogP contribution in [0.25, 0.3) is 0 Å². The van der Waals surface area contributed by atoms with E-state index in [0.717, 1.165) is 37.2 Å². The van der Waals surface area contributed by atoms with E-state index >= 15 is 0 Å². The highest BCUT2D eigenvalue weighted by atomic mass is 16.5. The van der Waals surface area contributed by atoms with Gasteiger partial charge in [0.15, 0.2) is 0 Å². The fourth-order valence-electron chi connectivity index (χ4n) is 3.37. The Morgan fingerprint density at radius 1 is 1.20 bits per heavy atom. The second-order valence-corrected chi connectivity index (χ2v) is 6.55. The Morgan fingerprint density at radius 2 is 1.96 bits per heavy atom. The van der Waals surface area contributed by atoms with E-state index in [-0.39, 0.29) is 12.5 Å². The Morgan fingerprint density at radius 3 is 2.68 bits per heavy atom. The minimum atomic E-state index is 0.0762. The summed E-state index contributed by atoms with van der Waals surface area (Å²) in [6, 6.07) is 15.5. The minimum absolute atomic E-state index is 0.0762. The van der Waals surface area contributed by atoms with Crippen LogP contribution >= 0.6 is 0 Å². The average Bonchev–Trinajstić information content (AvgIpc) is 3.11. The lowest BCUT2D eigenvalue weighted by Crippen LogP contribution is -2.28. The number of nitrogens with zero attached hydrogens (tertiary/aromatic N) is 1. The molecule has 3 rings (SSSR count). The van der Waals surface area contributed by atoms with E-state index in [0.29, 0.717) is 18.1 Å². The summed E-state index contributed by atoms with van der Waals surface area (Å²) >= 11 is 0. The topological polar surface area (TPSA) is 49.8 Å². The molecular weight excluding hydrogens is 314 g/mol. The van der Waals surface area contributed by atoms with E-state index in [9.17, 15) is 4.79 Å². The summed E-state index contributed by atoms with van der Waals surface area (Å²) in [5.41, 5.74) is 2.88. The van der Waals surface area contributed by atoms with Gasteiger partial charge in [-0.15, -0.1) is 0 Å². The molecule has 4 heteroatoms. The van der Waals surface area contributed by atoms with E-state index in [1.165, 1.54) is 5.56 Å². The molecule has 1 atom stereocenters. The predicted molar refractivity (Wildman–Crippen MR) is 97.7 cm³/mol. The SMILES string of the molecule is CCOc1cccc(C(=O)N2CC[C@@H](Cc3ccc(CO)cc3)C2)c1. The second kappa shape index (κ2) is 8.17. The fourth-order valence-corrected chi connectivity index (χ4v) is 3.37. The fraction of sp³-hybridized carbons (Fsp3) is 0.381. The van der Waals surface area contributed by atoms with E-state index in [2.05, 4.69) is 12.1 Å². The molecule has 1 aliphatic heterocycles. The van der Waals surface area contributed by atoms with Gasteiger partial charge < -0.3 is 14.7 Å². The molecule has 0 radical (unpaired) electrons. The molecule has 0 bridgehead atoms. The summed E-state index contributed by atoms with van der Waals surface area (Å²) in [4.78, 5) is 14.7. The van der Waals surface area contributed by atoms with E-state index in [1.54, 1.807) is 0 Å². The molecule has 1 aliphatic rings. The molecule has 0 spiro atoms. The molecule has 0 aliphatic carbocycles. The maximum Gasteiger partial charge on any atom is 0.253 e. The Bertz CT molecular complexity index is 711. The molecule has 0 aromatic heterocycles. The summed E-state index contributed by atoms with van der Waals surface area (Å²) in [7, 11) is 0. The van der Waals surface area contributed by atoms with Crippen molar-refractivity contribution in [3.8, 4) is 5.75 Å². The molecule has 1 heterocycles. The van der Waals surface area contributed by atoms with Crippen molar-refractivity contribution in [1.29, 1.82) is 0 Å². The summed E-state index contributed by atoms with van der Waals surface area (Å²) in [6.45, 7) is 4.20. The molecule has 1 fully saturated rings. The van der Waals surface area contributed by atoms with Crippen molar-refractivity contribution in [2.45, 2.75) is 26.4 Å². The standard InChI is InChI=1S/C21H25NO3/c1-2-25-20-5-3-4-19(13-20)21(24)22-11-10-18(14-22)12-16-6-8-17(15-23)9-7-16/h3-9,13,18,23H,2,10-12,14-15H2,1H3/t18-/m0/s1. The Kier molecular flexibility index (Phi) is 5.71. The molecule has 1 N–H and O–H groups in total. The van der Waals surface area contributed by atoms with Gasteiger partial charge in [-0.2, -0.15) is 0 Å². The van der Waals surface area contributed by atoms with Gasteiger partial charge in [0.1, 0.15) is 5.75 Å². The first-order valence-electron chi connectivity index (χ1n) is 8.90. The Labute approximate surface area is 149 Å². The van der Waals surface area contributed by atoms with Gasteiger partial charge in [0.25, 0.3) is 5.91 Å². The molecule has 132 valence electrons. The number of amides is 1. The monoisotopic (exact) mass is 339 g/mol. The third-order valence-corrected chi connectivity index (χ3v) is 4.69. The van der Waals surface area contributed by atoms with Crippen LogP contribution in [0, 0.1) is 5.92 Å². The van der Waals surface area contributed by atoms with Crippen LogP contribution < -0.4 is 4.74 Å². The van der Waals surface area contributed by atoms with E-state index in [4.69, 9.17) is 9.84 Å². The number of ether oxygens (including phenoxy) is 1. The zero-order valence-corrected chi connectivity index (χ0v) is 14.6. The van der Waals surface area contributed by atoms with Gasteiger partial charge >= 0.3 is 0 Å². The lowest BCUT2D eigenvalue weighted by molar-refractivity contribution is 0.0786. The number of likely N-dealkylation sites (tertiary alicyclic amines) is 1. The number of aliphatic hydroxyl groups is 1. The minimum Gasteiger partial charge on any atom is -0.494 e. The maximum atomic E-state index is 12.7.